The molecule has 3 rings (SSSR count). The van der Waals surface area contributed by atoms with Crippen LogP contribution in [0.5, 0.6) is 0 Å². The minimum atomic E-state index is -0.0919. The summed E-state index contributed by atoms with van der Waals surface area (Å²) in [5.41, 5.74) is 2.37. The molecule has 0 fully saturated rings. The van der Waals surface area contributed by atoms with Crippen LogP contribution in [0.25, 0.3) is 15.9 Å². The Labute approximate surface area is 154 Å². The van der Waals surface area contributed by atoms with Gasteiger partial charge in [0.1, 0.15) is 4.70 Å². The van der Waals surface area contributed by atoms with Gasteiger partial charge < -0.3 is 5.32 Å². The number of nitrogens with zero attached hydrogens (tertiary/aromatic N) is 2. The topological polar surface area (TPSA) is 64.0 Å². The first-order valence-electron chi connectivity index (χ1n) is 8.07. The van der Waals surface area contributed by atoms with Gasteiger partial charge >= 0.3 is 0 Å². The quantitative estimate of drug-likeness (QED) is 0.531. The van der Waals surface area contributed by atoms with Crippen LogP contribution in [0, 0.1) is 6.92 Å². The highest BCUT2D eigenvalue weighted by Gasteiger charge is 2.16. The molecule has 3 aromatic rings. The van der Waals surface area contributed by atoms with Gasteiger partial charge in [-0.3, -0.25) is 14.2 Å². The number of hydrogen-bond donors (Lipinski definition) is 1. The smallest absolute Gasteiger partial charge is 0.276 e. The molecule has 2 aromatic heterocycles. The zero-order valence-corrected chi connectivity index (χ0v) is 15.7. The zero-order chi connectivity index (χ0) is 17.8. The van der Waals surface area contributed by atoms with Crippen LogP contribution in [-0.2, 0) is 4.79 Å². The van der Waals surface area contributed by atoms with Gasteiger partial charge in [-0.15, -0.1) is 11.3 Å². The molecule has 0 saturated heterocycles. The van der Waals surface area contributed by atoms with E-state index < -0.39 is 0 Å². The van der Waals surface area contributed by atoms with Crippen molar-refractivity contribution in [3.63, 3.8) is 0 Å². The van der Waals surface area contributed by atoms with Gasteiger partial charge in [-0.2, -0.15) is 0 Å². The van der Waals surface area contributed by atoms with Crippen LogP contribution in [0.3, 0.4) is 0 Å². The summed E-state index contributed by atoms with van der Waals surface area (Å²) in [5.74, 6) is 0.177. The largest absolute Gasteiger partial charge is 0.355 e. The third-order valence-corrected chi connectivity index (χ3v) is 5.54. The van der Waals surface area contributed by atoms with Crippen molar-refractivity contribution in [1.82, 2.24) is 14.9 Å². The molecule has 2 heterocycles. The number of para-hydroxylation sites is 1. The number of carbonyl (C=O) groups excluding carboxylic acids is 1. The zero-order valence-electron chi connectivity index (χ0n) is 14.1. The van der Waals surface area contributed by atoms with Crippen LogP contribution in [-0.4, -0.2) is 27.8 Å². The number of carbonyl (C=O) groups is 1. The number of thiophene rings is 1. The van der Waals surface area contributed by atoms with Gasteiger partial charge in [0, 0.05) is 6.54 Å². The Morgan fingerprint density at radius 3 is 2.88 bits per heavy atom. The van der Waals surface area contributed by atoms with Gasteiger partial charge in [0.25, 0.3) is 5.56 Å². The maximum atomic E-state index is 13.0. The van der Waals surface area contributed by atoms with Crippen LogP contribution in [0.4, 0.5) is 0 Å². The second kappa shape index (κ2) is 7.84. The van der Waals surface area contributed by atoms with E-state index in [1.54, 1.807) is 4.57 Å². The highest BCUT2D eigenvalue weighted by atomic mass is 32.2. The molecular weight excluding hydrogens is 354 g/mol. The van der Waals surface area contributed by atoms with E-state index >= 15 is 0 Å². The summed E-state index contributed by atoms with van der Waals surface area (Å²) in [6.45, 7) is 4.62. The fourth-order valence-electron chi connectivity index (χ4n) is 2.46. The monoisotopic (exact) mass is 373 g/mol. The number of nitrogens with one attached hydrogen (secondary N) is 1. The Kier molecular flexibility index (Phi) is 5.55. The van der Waals surface area contributed by atoms with E-state index in [1.165, 1.54) is 23.1 Å². The van der Waals surface area contributed by atoms with Crippen molar-refractivity contribution < 1.29 is 4.79 Å². The molecule has 0 unspecified atom stereocenters. The van der Waals surface area contributed by atoms with E-state index in [9.17, 15) is 9.59 Å². The van der Waals surface area contributed by atoms with Crippen LogP contribution in [0.15, 0.2) is 45.7 Å². The summed E-state index contributed by atoms with van der Waals surface area (Å²) in [4.78, 5) is 29.6. The number of thioether (sulfide) groups is 1. The number of rotatable bonds is 6. The van der Waals surface area contributed by atoms with Crippen LogP contribution < -0.4 is 10.9 Å². The maximum absolute atomic E-state index is 13.0. The van der Waals surface area contributed by atoms with Gasteiger partial charge in [0.15, 0.2) is 5.16 Å². The highest BCUT2D eigenvalue weighted by Crippen LogP contribution is 2.24. The predicted molar refractivity (Wildman–Crippen MR) is 104 cm³/mol. The van der Waals surface area contributed by atoms with Crippen molar-refractivity contribution in [3.8, 4) is 5.69 Å². The predicted octanol–water partition coefficient (Wildman–Crippen LogP) is 3.37. The Morgan fingerprint density at radius 2 is 2.12 bits per heavy atom. The first-order chi connectivity index (χ1) is 12.1. The molecule has 0 spiro atoms. The van der Waals surface area contributed by atoms with Gasteiger partial charge in [-0.1, -0.05) is 36.9 Å². The molecule has 0 radical (unpaired) electrons. The van der Waals surface area contributed by atoms with Crippen LogP contribution in [0.2, 0.25) is 0 Å². The number of fused-ring (bicyclic) bond motifs is 1. The van der Waals surface area contributed by atoms with E-state index in [2.05, 4.69) is 10.3 Å². The summed E-state index contributed by atoms with van der Waals surface area (Å²) in [5, 5.41) is 5.25. The van der Waals surface area contributed by atoms with E-state index in [0.717, 1.165) is 17.7 Å². The van der Waals surface area contributed by atoms with E-state index in [1.807, 2.05) is 49.6 Å². The molecule has 0 aliphatic rings. The lowest BCUT2D eigenvalue weighted by atomic mass is 10.2. The maximum Gasteiger partial charge on any atom is 0.276 e. The molecule has 25 heavy (non-hydrogen) atoms. The number of aryl methyl sites for hydroxylation is 1. The van der Waals surface area contributed by atoms with Gasteiger partial charge in [0.2, 0.25) is 5.91 Å². The van der Waals surface area contributed by atoms with Gasteiger partial charge in [-0.05, 0) is 36.4 Å². The molecule has 0 bridgehead atoms. The summed E-state index contributed by atoms with van der Waals surface area (Å²) in [6.07, 6.45) is 0.892. The van der Waals surface area contributed by atoms with E-state index in [4.69, 9.17) is 0 Å². The Balaban J connectivity index is 2.04. The molecule has 0 aliphatic heterocycles. The number of benzene rings is 1. The fourth-order valence-corrected chi connectivity index (χ4v) is 4.06. The average molecular weight is 374 g/mol. The van der Waals surface area contributed by atoms with Crippen molar-refractivity contribution in [2.45, 2.75) is 25.4 Å². The summed E-state index contributed by atoms with van der Waals surface area (Å²) < 4.78 is 2.24. The van der Waals surface area contributed by atoms with Crippen molar-refractivity contribution in [2.75, 3.05) is 12.3 Å². The van der Waals surface area contributed by atoms with Crippen LogP contribution >= 0.6 is 23.1 Å². The minimum Gasteiger partial charge on any atom is -0.355 e. The number of aromatic nitrogens is 2. The standard InChI is InChI=1S/C18H19N3O2S2/c1-3-9-19-15(22)11-25-18-20-13-8-10-24-16(13)17(23)21(18)14-7-5-4-6-12(14)2/h4-8,10H,3,9,11H2,1-2H3,(H,19,22). The lowest BCUT2D eigenvalue weighted by molar-refractivity contribution is -0.118. The lowest BCUT2D eigenvalue weighted by Crippen LogP contribution is -2.27. The SMILES string of the molecule is CCCNC(=O)CSc1nc2ccsc2c(=O)n1-c1ccccc1C. The summed E-state index contributed by atoms with van der Waals surface area (Å²) >= 11 is 2.67. The minimum absolute atomic E-state index is 0.0529. The van der Waals surface area contributed by atoms with Gasteiger partial charge in [0.05, 0.1) is 17.0 Å². The van der Waals surface area contributed by atoms with Crippen molar-refractivity contribution in [3.05, 3.63) is 51.6 Å². The summed E-state index contributed by atoms with van der Waals surface area (Å²) in [6, 6.07) is 9.54. The third kappa shape index (κ3) is 3.77. The Morgan fingerprint density at radius 1 is 1.32 bits per heavy atom. The average Bonchev–Trinajstić information content (AvgIpc) is 3.08. The second-order valence-electron chi connectivity index (χ2n) is 5.60. The molecule has 7 heteroatoms. The molecule has 0 aliphatic carbocycles. The van der Waals surface area contributed by atoms with E-state index in [0.29, 0.717) is 21.9 Å². The first-order valence-corrected chi connectivity index (χ1v) is 9.94. The van der Waals surface area contributed by atoms with Crippen LogP contribution in [0.1, 0.15) is 18.9 Å². The normalized spacial score (nSPS) is 11.0. The van der Waals surface area contributed by atoms with Crippen molar-refractivity contribution in [1.29, 1.82) is 0 Å². The molecule has 1 N–H and O–H groups in total. The fraction of sp³-hybridized carbons (Fsp3) is 0.278. The molecule has 130 valence electrons. The lowest BCUT2D eigenvalue weighted by Gasteiger charge is -2.14. The highest BCUT2D eigenvalue weighted by molar-refractivity contribution is 7.99. The molecule has 5 nitrogen and oxygen atoms in total. The molecular formula is C18H19N3O2S2. The molecule has 1 aromatic carbocycles. The Hall–Kier alpha value is -2.12. The first kappa shape index (κ1) is 17.7. The molecule has 1 amide bonds. The van der Waals surface area contributed by atoms with Crippen molar-refractivity contribution in [2.24, 2.45) is 0 Å². The molecule has 0 atom stereocenters. The number of amides is 1. The third-order valence-electron chi connectivity index (χ3n) is 3.71. The second-order valence-corrected chi connectivity index (χ2v) is 7.45. The number of hydrogen-bond acceptors (Lipinski definition) is 5. The van der Waals surface area contributed by atoms with E-state index in [-0.39, 0.29) is 17.2 Å². The summed E-state index contributed by atoms with van der Waals surface area (Å²) in [7, 11) is 0. The van der Waals surface area contributed by atoms with Gasteiger partial charge in [-0.25, -0.2) is 4.98 Å². The molecule has 0 saturated carbocycles. The van der Waals surface area contributed by atoms with Crippen molar-refractivity contribution >= 4 is 39.2 Å². The Bertz CT molecular complexity index is 962.